The van der Waals surface area contributed by atoms with Crippen molar-refractivity contribution in [2.45, 2.75) is 6.04 Å². The van der Waals surface area contributed by atoms with Gasteiger partial charge in [-0.3, -0.25) is 9.59 Å². The Morgan fingerprint density at radius 1 is 1.00 bits per heavy atom. The highest BCUT2D eigenvalue weighted by Gasteiger charge is 2.42. The van der Waals surface area contributed by atoms with Crippen molar-refractivity contribution in [1.29, 1.82) is 0 Å². The van der Waals surface area contributed by atoms with Crippen LogP contribution in [0.1, 0.15) is 17.2 Å². The number of aliphatic imine (C=N–C) groups is 2. The maximum Gasteiger partial charge on any atom is 0.263 e. The van der Waals surface area contributed by atoms with Gasteiger partial charge in [0.25, 0.3) is 5.91 Å². The number of benzene rings is 3. The van der Waals surface area contributed by atoms with Gasteiger partial charge in [0.05, 0.1) is 11.4 Å². The first-order valence-corrected chi connectivity index (χ1v) is 11.3. The number of thioether (sulfide) groups is 1. The number of hydrogen-bond donors (Lipinski definition) is 1. The summed E-state index contributed by atoms with van der Waals surface area (Å²) in [5.74, 6) is 0.278. The summed E-state index contributed by atoms with van der Waals surface area (Å²) < 4.78 is 0. The van der Waals surface area contributed by atoms with Gasteiger partial charge in [-0.2, -0.15) is 0 Å². The molecule has 3 aromatic rings. The fraction of sp³-hybridized carbons (Fsp3) is 0.0833. The monoisotopic (exact) mass is 460 g/mol. The number of rotatable bonds is 4. The van der Waals surface area contributed by atoms with Gasteiger partial charge in [-0.25, -0.2) is 14.9 Å². The van der Waals surface area contributed by atoms with E-state index >= 15 is 0 Å². The Hall–Kier alpha value is -3.42. The van der Waals surface area contributed by atoms with E-state index in [1.165, 1.54) is 16.7 Å². The zero-order chi connectivity index (χ0) is 22.1. The lowest BCUT2D eigenvalue weighted by Crippen LogP contribution is -2.40. The minimum atomic E-state index is -0.633. The molecule has 0 aliphatic carbocycles. The summed E-state index contributed by atoms with van der Waals surface area (Å²) in [6.07, 6.45) is 0. The van der Waals surface area contributed by atoms with Crippen LogP contribution in [-0.4, -0.2) is 33.5 Å². The maximum atomic E-state index is 13.3. The van der Waals surface area contributed by atoms with Crippen LogP contribution in [0, 0.1) is 0 Å². The van der Waals surface area contributed by atoms with Crippen molar-refractivity contribution >= 4 is 57.6 Å². The molecule has 3 aromatic carbocycles. The van der Waals surface area contributed by atoms with Crippen molar-refractivity contribution in [2.24, 2.45) is 9.98 Å². The molecule has 2 amide bonds. The van der Waals surface area contributed by atoms with Crippen LogP contribution < -0.4 is 5.32 Å². The number of fused-ring (bicyclic) bond motifs is 3. The van der Waals surface area contributed by atoms with E-state index < -0.39 is 6.04 Å². The lowest BCUT2D eigenvalue weighted by atomic mass is 10.1. The molecule has 0 spiro atoms. The first-order chi connectivity index (χ1) is 15.6. The fourth-order valence-corrected chi connectivity index (χ4v) is 4.49. The summed E-state index contributed by atoms with van der Waals surface area (Å²) in [4.78, 5) is 36.8. The Kier molecular flexibility index (Phi) is 5.51. The van der Waals surface area contributed by atoms with Crippen LogP contribution in [0.25, 0.3) is 0 Å². The average molecular weight is 461 g/mol. The molecule has 2 aliphatic rings. The molecule has 32 heavy (non-hydrogen) atoms. The third-order valence-electron chi connectivity index (χ3n) is 5.05. The van der Waals surface area contributed by atoms with E-state index in [0.717, 1.165) is 16.8 Å². The van der Waals surface area contributed by atoms with E-state index in [-0.39, 0.29) is 17.6 Å². The zero-order valence-corrected chi connectivity index (χ0v) is 18.3. The minimum Gasteiger partial charge on any atom is -0.325 e. The van der Waals surface area contributed by atoms with Gasteiger partial charge in [-0.1, -0.05) is 65.8 Å². The van der Waals surface area contributed by atoms with Gasteiger partial charge in [0, 0.05) is 16.3 Å². The van der Waals surface area contributed by atoms with Gasteiger partial charge < -0.3 is 5.32 Å². The molecule has 2 heterocycles. The summed E-state index contributed by atoms with van der Waals surface area (Å²) in [6, 6.07) is 23.3. The van der Waals surface area contributed by atoms with Crippen molar-refractivity contribution in [3.05, 3.63) is 95.0 Å². The van der Waals surface area contributed by atoms with Crippen LogP contribution in [0.4, 0.5) is 11.4 Å². The highest BCUT2D eigenvalue weighted by molar-refractivity contribution is 8.14. The van der Waals surface area contributed by atoms with Crippen molar-refractivity contribution in [3.8, 4) is 0 Å². The Morgan fingerprint density at radius 3 is 2.50 bits per heavy atom. The molecule has 8 heteroatoms. The standard InChI is InChI=1S/C24H17ClN4O2S/c25-16-10-12-17(13-11-16)26-20(30)14-32-24-27-19-9-5-4-8-18(19)22-28-21(23(31)29(22)24)15-6-2-1-3-7-15/h1-13,21H,14H2,(H,26,30). The molecule has 1 unspecified atom stereocenters. The number of hydrogen-bond acceptors (Lipinski definition) is 5. The lowest BCUT2D eigenvalue weighted by Gasteiger charge is -2.25. The highest BCUT2D eigenvalue weighted by Crippen LogP contribution is 2.37. The van der Waals surface area contributed by atoms with Crippen LogP contribution in [0.2, 0.25) is 5.02 Å². The number of amidine groups is 2. The number of anilines is 1. The van der Waals surface area contributed by atoms with Gasteiger partial charge in [-0.15, -0.1) is 0 Å². The van der Waals surface area contributed by atoms with Crippen molar-refractivity contribution < 1.29 is 9.59 Å². The zero-order valence-electron chi connectivity index (χ0n) is 16.7. The van der Waals surface area contributed by atoms with E-state index in [2.05, 4.69) is 10.3 Å². The van der Waals surface area contributed by atoms with Gasteiger partial charge in [0.15, 0.2) is 11.2 Å². The fourth-order valence-electron chi connectivity index (χ4n) is 3.56. The lowest BCUT2D eigenvalue weighted by molar-refractivity contribution is -0.124. The average Bonchev–Trinajstić information content (AvgIpc) is 3.17. The predicted molar refractivity (Wildman–Crippen MR) is 129 cm³/mol. The molecule has 2 aliphatic heterocycles. The first kappa shape index (κ1) is 20.5. The van der Waals surface area contributed by atoms with Crippen molar-refractivity contribution in [1.82, 2.24) is 4.90 Å². The minimum absolute atomic E-state index is 0.0939. The van der Waals surface area contributed by atoms with Crippen LogP contribution in [0.5, 0.6) is 0 Å². The second-order valence-corrected chi connectivity index (χ2v) is 8.57. The normalized spacial score (nSPS) is 16.7. The second kappa shape index (κ2) is 8.61. The Bertz CT molecular complexity index is 1260. The number of carbonyl (C=O) groups is 2. The van der Waals surface area contributed by atoms with Crippen molar-refractivity contribution in [2.75, 3.05) is 11.1 Å². The number of carbonyl (C=O) groups excluding carboxylic acids is 2. The van der Waals surface area contributed by atoms with E-state index in [4.69, 9.17) is 16.6 Å². The quantitative estimate of drug-likeness (QED) is 0.592. The second-order valence-electron chi connectivity index (χ2n) is 7.19. The summed E-state index contributed by atoms with van der Waals surface area (Å²) in [5, 5.41) is 3.87. The van der Waals surface area contributed by atoms with E-state index in [1.54, 1.807) is 24.3 Å². The molecule has 0 bridgehead atoms. The molecule has 0 saturated heterocycles. The molecule has 1 atom stereocenters. The largest absolute Gasteiger partial charge is 0.325 e. The summed E-state index contributed by atoms with van der Waals surface area (Å²) in [7, 11) is 0. The molecule has 0 aromatic heterocycles. The van der Waals surface area contributed by atoms with Crippen LogP contribution >= 0.6 is 23.4 Å². The van der Waals surface area contributed by atoms with Gasteiger partial charge >= 0.3 is 0 Å². The number of nitrogens with one attached hydrogen (secondary N) is 1. The molecule has 1 N–H and O–H groups in total. The third-order valence-corrected chi connectivity index (χ3v) is 6.24. The smallest absolute Gasteiger partial charge is 0.263 e. The Morgan fingerprint density at radius 2 is 1.72 bits per heavy atom. The number of para-hydroxylation sites is 1. The van der Waals surface area contributed by atoms with Crippen LogP contribution in [0.15, 0.2) is 88.8 Å². The molecule has 0 radical (unpaired) electrons. The van der Waals surface area contributed by atoms with E-state index in [0.29, 0.717) is 21.7 Å². The maximum absolute atomic E-state index is 13.3. The van der Waals surface area contributed by atoms with E-state index in [1.807, 2.05) is 54.6 Å². The topological polar surface area (TPSA) is 74.1 Å². The number of halogens is 1. The van der Waals surface area contributed by atoms with Gasteiger partial charge in [0.2, 0.25) is 5.91 Å². The first-order valence-electron chi connectivity index (χ1n) is 9.93. The molecule has 0 saturated carbocycles. The SMILES string of the molecule is O=C(CSC1=Nc2ccccc2C2=NC(c3ccccc3)C(=O)N12)Nc1ccc(Cl)cc1. The predicted octanol–water partition coefficient (Wildman–Crippen LogP) is 5.04. The molecular weight excluding hydrogens is 444 g/mol. The summed E-state index contributed by atoms with van der Waals surface area (Å²) >= 11 is 7.10. The highest BCUT2D eigenvalue weighted by atomic mass is 35.5. The Labute approximate surface area is 194 Å². The van der Waals surface area contributed by atoms with Crippen LogP contribution in [0.3, 0.4) is 0 Å². The summed E-state index contributed by atoms with van der Waals surface area (Å²) in [6.45, 7) is 0. The Balaban J connectivity index is 1.40. The third kappa shape index (κ3) is 3.92. The van der Waals surface area contributed by atoms with E-state index in [9.17, 15) is 9.59 Å². The van der Waals surface area contributed by atoms with Crippen molar-refractivity contribution in [3.63, 3.8) is 0 Å². The molecular formula is C24H17ClN4O2S. The number of amides is 2. The van der Waals surface area contributed by atoms with Crippen LogP contribution in [-0.2, 0) is 9.59 Å². The molecule has 0 fully saturated rings. The number of nitrogens with zero attached hydrogens (tertiary/aromatic N) is 3. The van der Waals surface area contributed by atoms with Gasteiger partial charge in [0.1, 0.15) is 5.84 Å². The van der Waals surface area contributed by atoms with Gasteiger partial charge in [-0.05, 0) is 42.0 Å². The molecule has 5 rings (SSSR count). The molecule has 6 nitrogen and oxygen atoms in total. The summed E-state index contributed by atoms with van der Waals surface area (Å²) in [5.41, 5.74) is 3.00. The molecule has 158 valence electrons.